The summed E-state index contributed by atoms with van der Waals surface area (Å²) in [5.41, 5.74) is 0.900. The first-order valence-corrected chi connectivity index (χ1v) is 6.33. The first-order chi connectivity index (χ1) is 8.11. The van der Waals surface area contributed by atoms with Crippen LogP contribution in [0.3, 0.4) is 0 Å². The zero-order chi connectivity index (χ0) is 12.4. The van der Waals surface area contributed by atoms with E-state index in [0.29, 0.717) is 6.54 Å². The van der Waals surface area contributed by atoms with Crippen LogP contribution in [0.15, 0.2) is 34.5 Å². The van der Waals surface area contributed by atoms with Gasteiger partial charge in [0.25, 0.3) is 11.1 Å². The van der Waals surface area contributed by atoms with E-state index in [2.05, 4.69) is 15.9 Å². The lowest BCUT2D eigenvalue weighted by Gasteiger charge is -2.06. The number of carbonyl (C=O) groups excluding carboxylic acids is 1. The van der Waals surface area contributed by atoms with Crippen molar-refractivity contribution in [1.29, 1.82) is 0 Å². The summed E-state index contributed by atoms with van der Waals surface area (Å²) in [4.78, 5) is 13.3. The average molecular weight is 312 g/mol. The molecule has 1 aliphatic heterocycles. The van der Waals surface area contributed by atoms with E-state index < -0.39 is 0 Å². The average Bonchev–Trinajstić information content (AvgIpc) is 2.57. The predicted octanol–water partition coefficient (Wildman–Crippen LogP) is 2.95. The summed E-state index contributed by atoms with van der Waals surface area (Å²) in [6.07, 6.45) is 1.69. The molecule has 0 radical (unpaired) electrons. The van der Waals surface area contributed by atoms with E-state index in [4.69, 9.17) is 17.0 Å². The van der Waals surface area contributed by atoms with Gasteiger partial charge in [-0.1, -0.05) is 28.1 Å². The smallest absolute Gasteiger partial charge is 0.297 e. The molecule has 3 nitrogen and oxygen atoms in total. The van der Waals surface area contributed by atoms with Gasteiger partial charge in [0.15, 0.2) is 5.76 Å². The Morgan fingerprint density at radius 2 is 2.06 bits per heavy atom. The van der Waals surface area contributed by atoms with E-state index in [0.717, 1.165) is 10.0 Å². The van der Waals surface area contributed by atoms with Crippen molar-refractivity contribution in [1.82, 2.24) is 4.90 Å². The molecule has 0 N–H and O–H groups in total. The van der Waals surface area contributed by atoms with Gasteiger partial charge in [0.2, 0.25) is 0 Å². The number of benzene rings is 1. The van der Waals surface area contributed by atoms with Crippen molar-refractivity contribution in [2.45, 2.75) is 6.92 Å². The number of ether oxygens (including phenoxy) is 1. The highest BCUT2D eigenvalue weighted by Crippen LogP contribution is 2.20. The molecular formula is C12H10BrNO2S. The fourth-order valence-electron chi connectivity index (χ4n) is 1.48. The Morgan fingerprint density at radius 1 is 1.41 bits per heavy atom. The molecule has 1 aromatic rings. The van der Waals surface area contributed by atoms with Crippen LogP contribution in [0.25, 0.3) is 6.08 Å². The number of amides is 1. The van der Waals surface area contributed by atoms with Gasteiger partial charge in [-0.15, -0.1) is 0 Å². The second-order valence-corrected chi connectivity index (χ2v) is 4.74. The minimum absolute atomic E-state index is 0.180. The molecule has 1 heterocycles. The normalized spacial score (nSPS) is 17.8. The number of hydrogen-bond acceptors (Lipinski definition) is 3. The van der Waals surface area contributed by atoms with Crippen molar-refractivity contribution in [2.24, 2.45) is 0 Å². The van der Waals surface area contributed by atoms with E-state index >= 15 is 0 Å². The van der Waals surface area contributed by atoms with Crippen LogP contribution in [0.4, 0.5) is 0 Å². The maximum absolute atomic E-state index is 11.9. The van der Waals surface area contributed by atoms with Crippen molar-refractivity contribution in [3.63, 3.8) is 0 Å². The van der Waals surface area contributed by atoms with Gasteiger partial charge in [0, 0.05) is 11.0 Å². The van der Waals surface area contributed by atoms with Gasteiger partial charge in [0.1, 0.15) is 0 Å². The Kier molecular flexibility index (Phi) is 3.59. The number of rotatable bonds is 2. The number of thiocarbonyl (C=S) groups is 1. The van der Waals surface area contributed by atoms with Gasteiger partial charge in [-0.2, -0.15) is 0 Å². The maximum atomic E-state index is 11.9. The monoisotopic (exact) mass is 311 g/mol. The van der Waals surface area contributed by atoms with Crippen LogP contribution < -0.4 is 0 Å². The first kappa shape index (κ1) is 12.3. The molecule has 0 unspecified atom stereocenters. The van der Waals surface area contributed by atoms with Crippen LogP contribution in [0, 0.1) is 0 Å². The van der Waals surface area contributed by atoms with E-state index in [-0.39, 0.29) is 16.8 Å². The minimum atomic E-state index is -0.180. The number of nitrogens with zero attached hydrogens (tertiary/aromatic N) is 1. The lowest BCUT2D eigenvalue weighted by Crippen LogP contribution is -2.27. The van der Waals surface area contributed by atoms with Crippen LogP contribution in [0.5, 0.6) is 0 Å². The summed E-state index contributed by atoms with van der Waals surface area (Å²) in [5, 5.41) is 0.223. The molecule has 1 aliphatic rings. The zero-order valence-corrected chi connectivity index (χ0v) is 11.5. The molecule has 0 spiro atoms. The molecular weight excluding hydrogens is 302 g/mol. The van der Waals surface area contributed by atoms with E-state index in [9.17, 15) is 4.79 Å². The van der Waals surface area contributed by atoms with Crippen LogP contribution in [0.1, 0.15) is 12.5 Å². The fourth-order valence-corrected chi connectivity index (χ4v) is 2.05. The molecule has 1 fully saturated rings. The highest BCUT2D eigenvalue weighted by molar-refractivity contribution is 9.10. The van der Waals surface area contributed by atoms with Crippen molar-refractivity contribution < 1.29 is 9.53 Å². The SMILES string of the molecule is CCN1C(=O)C(=Cc2ccc(Br)cc2)OC1=S. The molecule has 5 heteroatoms. The highest BCUT2D eigenvalue weighted by Gasteiger charge is 2.31. The Labute approximate surface area is 113 Å². The Bertz CT molecular complexity index is 496. The van der Waals surface area contributed by atoms with E-state index in [1.807, 2.05) is 31.2 Å². The molecule has 1 amide bonds. The third kappa shape index (κ3) is 2.56. The molecule has 0 aromatic heterocycles. The Hall–Kier alpha value is -1.20. The Balaban J connectivity index is 2.27. The molecule has 0 aliphatic carbocycles. The number of carbonyl (C=O) groups is 1. The second kappa shape index (κ2) is 4.98. The number of halogens is 1. The van der Waals surface area contributed by atoms with Crippen molar-refractivity contribution in [3.8, 4) is 0 Å². The topological polar surface area (TPSA) is 29.5 Å². The molecule has 1 saturated heterocycles. The van der Waals surface area contributed by atoms with Crippen LogP contribution in [0.2, 0.25) is 0 Å². The van der Waals surface area contributed by atoms with Gasteiger partial charge < -0.3 is 4.74 Å². The first-order valence-electron chi connectivity index (χ1n) is 5.12. The van der Waals surface area contributed by atoms with Crippen molar-refractivity contribution in [3.05, 3.63) is 40.1 Å². The third-order valence-corrected chi connectivity index (χ3v) is 3.19. The fraction of sp³-hybridized carbons (Fsp3) is 0.167. The molecule has 1 aromatic carbocycles. The van der Waals surface area contributed by atoms with Crippen LogP contribution in [-0.4, -0.2) is 22.5 Å². The molecule has 88 valence electrons. The highest BCUT2D eigenvalue weighted by atomic mass is 79.9. The lowest BCUT2D eigenvalue weighted by atomic mass is 10.2. The number of likely N-dealkylation sites (N-methyl/N-ethyl adjacent to an activating group) is 1. The van der Waals surface area contributed by atoms with Gasteiger partial charge in [-0.05, 0) is 42.9 Å². The van der Waals surface area contributed by atoms with E-state index in [1.165, 1.54) is 4.90 Å². The largest absolute Gasteiger partial charge is 0.426 e. The molecule has 17 heavy (non-hydrogen) atoms. The summed E-state index contributed by atoms with van der Waals surface area (Å²) in [7, 11) is 0. The lowest BCUT2D eigenvalue weighted by molar-refractivity contribution is -0.122. The molecule has 0 saturated carbocycles. The molecule has 0 atom stereocenters. The summed E-state index contributed by atoms with van der Waals surface area (Å²) < 4.78 is 6.26. The third-order valence-electron chi connectivity index (χ3n) is 2.36. The molecule has 0 bridgehead atoms. The number of hydrogen-bond donors (Lipinski definition) is 0. The van der Waals surface area contributed by atoms with Crippen molar-refractivity contribution in [2.75, 3.05) is 6.54 Å². The van der Waals surface area contributed by atoms with Gasteiger partial charge in [0.05, 0.1) is 0 Å². The Morgan fingerprint density at radius 3 is 2.59 bits per heavy atom. The summed E-state index contributed by atoms with van der Waals surface area (Å²) in [6, 6.07) is 7.60. The molecule has 2 rings (SSSR count). The van der Waals surface area contributed by atoms with Gasteiger partial charge >= 0.3 is 0 Å². The quantitative estimate of drug-likeness (QED) is 0.621. The van der Waals surface area contributed by atoms with Crippen molar-refractivity contribution >= 4 is 45.3 Å². The predicted molar refractivity (Wildman–Crippen MR) is 73.2 cm³/mol. The van der Waals surface area contributed by atoms with Gasteiger partial charge in [-0.25, -0.2) is 0 Å². The van der Waals surface area contributed by atoms with Crippen LogP contribution in [-0.2, 0) is 9.53 Å². The van der Waals surface area contributed by atoms with Crippen LogP contribution >= 0.6 is 28.1 Å². The minimum Gasteiger partial charge on any atom is -0.426 e. The second-order valence-electron chi connectivity index (χ2n) is 3.48. The summed E-state index contributed by atoms with van der Waals surface area (Å²) >= 11 is 8.32. The van der Waals surface area contributed by atoms with E-state index in [1.54, 1.807) is 6.08 Å². The standard InChI is InChI=1S/C12H10BrNO2S/c1-2-14-11(15)10(16-12(14)17)7-8-3-5-9(13)6-4-8/h3-7H,2H2,1H3. The van der Waals surface area contributed by atoms with Gasteiger partial charge in [-0.3, -0.25) is 9.69 Å². The zero-order valence-electron chi connectivity index (χ0n) is 9.14. The summed E-state index contributed by atoms with van der Waals surface area (Å²) in [5.74, 6) is 0.0968. The summed E-state index contributed by atoms with van der Waals surface area (Å²) in [6.45, 7) is 2.38. The maximum Gasteiger partial charge on any atom is 0.297 e.